The normalized spacial score (nSPS) is 14.2. The van der Waals surface area contributed by atoms with Crippen molar-refractivity contribution in [1.29, 1.82) is 0 Å². The predicted molar refractivity (Wildman–Crippen MR) is 94.1 cm³/mol. The topological polar surface area (TPSA) is 83.6 Å². The van der Waals surface area contributed by atoms with Gasteiger partial charge in [0.1, 0.15) is 12.7 Å². The molecular formula is C18H35NO4. The van der Waals surface area contributed by atoms with Crippen LogP contribution in [0.3, 0.4) is 0 Å². The molecule has 0 radical (unpaired) electrons. The molecule has 0 rings (SSSR count). The minimum Gasteiger partial charge on any atom is -0.389 e. The molecule has 0 aromatic carbocycles. The molecule has 5 heteroatoms. The first-order chi connectivity index (χ1) is 11.1. The lowest BCUT2D eigenvalue weighted by Crippen LogP contribution is -2.35. The highest BCUT2D eigenvalue weighted by molar-refractivity contribution is 4.92. The number of nitrogens with zero attached hydrogens (tertiary/aromatic N) is 1. The second-order valence-corrected chi connectivity index (χ2v) is 6.28. The SMILES string of the molecule is CCCCCCCCCCCCC/C=C/C(O)C(CO)[N+](=O)[O-]. The van der Waals surface area contributed by atoms with E-state index in [0.717, 1.165) is 19.3 Å². The molecule has 2 unspecified atom stereocenters. The molecule has 2 atom stereocenters. The van der Waals surface area contributed by atoms with Gasteiger partial charge in [0, 0.05) is 4.92 Å². The standard InChI is InChI=1S/C18H35NO4/c1-2-3-4-5-6-7-8-9-10-11-12-13-14-15-18(21)17(16-20)19(22)23/h14-15,17-18,20-21H,2-13,16H2,1H3/b15-14+. The molecule has 0 heterocycles. The van der Waals surface area contributed by atoms with Crippen molar-refractivity contribution in [2.24, 2.45) is 0 Å². The van der Waals surface area contributed by atoms with Crippen molar-refractivity contribution in [2.45, 2.75) is 96.1 Å². The van der Waals surface area contributed by atoms with E-state index < -0.39 is 23.7 Å². The van der Waals surface area contributed by atoms with Gasteiger partial charge < -0.3 is 10.2 Å². The third-order valence-electron chi connectivity index (χ3n) is 4.16. The fraction of sp³-hybridized carbons (Fsp3) is 0.889. The van der Waals surface area contributed by atoms with Gasteiger partial charge in [0.05, 0.1) is 0 Å². The van der Waals surface area contributed by atoms with Crippen LogP contribution in [0, 0.1) is 10.1 Å². The second-order valence-electron chi connectivity index (χ2n) is 6.28. The van der Waals surface area contributed by atoms with Crippen molar-refractivity contribution in [2.75, 3.05) is 6.61 Å². The molecule has 2 N–H and O–H groups in total. The quantitative estimate of drug-likeness (QED) is 0.192. The summed E-state index contributed by atoms with van der Waals surface area (Å²) < 4.78 is 0. The molecular weight excluding hydrogens is 294 g/mol. The van der Waals surface area contributed by atoms with E-state index in [2.05, 4.69) is 6.92 Å². The van der Waals surface area contributed by atoms with Gasteiger partial charge in [-0.2, -0.15) is 0 Å². The van der Waals surface area contributed by atoms with Crippen molar-refractivity contribution in [3.8, 4) is 0 Å². The summed E-state index contributed by atoms with van der Waals surface area (Å²) in [7, 11) is 0. The molecule has 23 heavy (non-hydrogen) atoms. The zero-order valence-electron chi connectivity index (χ0n) is 14.7. The van der Waals surface area contributed by atoms with Gasteiger partial charge in [-0.05, 0) is 12.8 Å². The molecule has 0 spiro atoms. The number of hydrogen-bond acceptors (Lipinski definition) is 4. The molecule has 0 aliphatic carbocycles. The van der Waals surface area contributed by atoms with Gasteiger partial charge in [0.25, 0.3) is 6.04 Å². The molecule has 0 bridgehead atoms. The summed E-state index contributed by atoms with van der Waals surface area (Å²) in [6, 6.07) is -1.32. The highest BCUT2D eigenvalue weighted by Gasteiger charge is 2.26. The minimum absolute atomic E-state index is 0.642. The monoisotopic (exact) mass is 329 g/mol. The Morgan fingerprint density at radius 1 is 0.957 bits per heavy atom. The molecule has 0 fully saturated rings. The number of nitro groups is 1. The Labute approximate surface area is 140 Å². The third kappa shape index (κ3) is 13.2. The molecule has 0 saturated heterocycles. The van der Waals surface area contributed by atoms with Crippen LogP contribution >= 0.6 is 0 Å². The van der Waals surface area contributed by atoms with Crippen molar-refractivity contribution >= 4 is 0 Å². The van der Waals surface area contributed by atoms with E-state index in [1.807, 2.05) is 0 Å². The first-order valence-corrected chi connectivity index (χ1v) is 9.22. The summed E-state index contributed by atoms with van der Waals surface area (Å²) in [5.41, 5.74) is 0. The maximum Gasteiger partial charge on any atom is 0.264 e. The van der Waals surface area contributed by atoms with E-state index in [-0.39, 0.29) is 0 Å². The van der Waals surface area contributed by atoms with Gasteiger partial charge in [-0.25, -0.2) is 0 Å². The molecule has 0 saturated carbocycles. The van der Waals surface area contributed by atoms with Gasteiger partial charge in [0.15, 0.2) is 0 Å². The molecule has 5 nitrogen and oxygen atoms in total. The van der Waals surface area contributed by atoms with E-state index in [1.54, 1.807) is 6.08 Å². The molecule has 0 aromatic rings. The predicted octanol–water partition coefficient (Wildman–Crippen LogP) is 4.24. The maximum absolute atomic E-state index is 10.6. The molecule has 136 valence electrons. The first-order valence-electron chi connectivity index (χ1n) is 9.22. The Kier molecular flexibility index (Phi) is 15.3. The summed E-state index contributed by atoms with van der Waals surface area (Å²) in [5, 5.41) is 29.0. The van der Waals surface area contributed by atoms with Gasteiger partial charge in [0.2, 0.25) is 0 Å². The summed E-state index contributed by atoms with van der Waals surface area (Å²) in [4.78, 5) is 9.92. The third-order valence-corrected chi connectivity index (χ3v) is 4.16. The highest BCUT2D eigenvalue weighted by atomic mass is 16.6. The van der Waals surface area contributed by atoms with Crippen LogP contribution in [0.2, 0.25) is 0 Å². The van der Waals surface area contributed by atoms with Crippen molar-refractivity contribution in [1.82, 2.24) is 0 Å². The lowest BCUT2D eigenvalue weighted by Gasteiger charge is -2.09. The number of aliphatic hydroxyl groups excluding tert-OH is 2. The van der Waals surface area contributed by atoms with Crippen LogP contribution in [0.1, 0.15) is 84.0 Å². The van der Waals surface area contributed by atoms with Crippen LogP contribution in [0.15, 0.2) is 12.2 Å². The van der Waals surface area contributed by atoms with Gasteiger partial charge >= 0.3 is 0 Å². The van der Waals surface area contributed by atoms with Crippen LogP contribution < -0.4 is 0 Å². The summed E-state index contributed by atoms with van der Waals surface area (Å²) in [6.45, 7) is 1.60. The van der Waals surface area contributed by atoms with Gasteiger partial charge in [-0.15, -0.1) is 0 Å². The number of unbranched alkanes of at least 4 members (excludes halogenated alkanes) is 11. The van der Waals surface area contributed by atoms with Crippen molar-refractivity contribution < 1.29 is 15.1 Å². The summed E-state index contributed by atoms with van der Waals surface area (Å²) in [5.74, 6) is 0. The lowest BCUT2D eigenvalue weighted by molar-refractivity contribution is -0.534. The number of aliphatic hydroxyl groups is 2. The van der Waals surface area contributed by atoms with Crippen molar-refractivity contribution in [3.05, 3.63) is 22.3 Å². The molecule has 0 aliphatic rings. The molecule has 0 aromatic heterocycles. The zero-order chi connectivity index (χ0) is 17.3. The van der Waals surface area contributed by atoms with E-state index in [4.69, 9.17) is 5.11 Å². The van der Waals surface area contributed by atoms with Crippen LogP contribution in [0.4, 0.5) is 0 Å². The van der Waals surface area contributed by atoms with Crippen molar-refractivity contribution in [3.63, 3.8) is 0 Å². The second kappa shape index (κ2) is 15.9. The van der Waals surface area contributed by atoms with Crippen LogP contribution in [-0.4, -0.2) is 33.9 Å². The maximum atomic E-state index is 10.6. The Morgan fingerprint density at radius 2 is 1.43 bits per heavy atom. The summed E-state index contributed by atoms with van der Waals surface area (Å²) >= 11 is 0. The zero-order valence-corrected chi connectivity index (χ0v) is 14.7. The summed E-state index contributed by atoms with van der Waals surface area (Å²) in [6.07, 6.45) is 17.0. The minimum atomic E-state index is -1.32. The molecule has 0 amide bonds. The van der Waals surface area contributed by atoms with E-state index in [1.165, 1.54) is 63.9 Å². The van der Waals surface area contributed by atoms with Gasteiger partial charge in [-0.1, -0.05) is 83.3 Å². The Balaban J connectivity index is 3.42. The van der Waals surface area contributed by atoms with Crippen LogP contribution in [0.5, 0.6) is 0 Å². The van der Waals surface area contributed by atoms with Gasteiger partial charge in [-0.3, -0.25) is 10.1 Å². The fourth-order valence-electron chi connectivity index (χ4n) is 2.59. The Bertz CT molecular complexity index is 307. The Morgan fingerprint density at radius 3 is 1.87 bits per heavy atom. The lowest BCUT2D eigenvalue weighted by atomic mass is 10.0. The average molecular weight is 329 g/mol. The number of rotatable bonds is 16. The highest BCUT2D eigenvalue weighted by Crippen LogP contribution is 2.12. The number of hydrogen-bond donors (Lipinski definition) is 2. The van der Waals surface area contributed by atoms with Crippen LogP contribution in [0.25, 0.3) is 0 Å². The average Bonchev–Trinajstić information content (AvgIpc) is 2.52. The van der Waals surface area contributed by atoms with E-state index in [9.17, 15) is 15.2 Å². The smallest absolute Gasteiger partial charge is 0.264 e. The largest absolute Gasteiger partial charge is 0.389 e. The fourth-order valence-corrected chi connectivity index (χ4v) is 2.59. The van der Waals surface area contributed by atoms with E-state index >= 15 is 0 Å². The van der Waals surface area contributed by atoms with E-state index in [0.29, 0.717) is 0 Å². The number of allylic oxidation sites excluding steroid dienone is 1. The van der Waals surface area contributed by atoms with Crippen LogP contribution in [-0.2, 0) is 0 Å². The first kappa shape index (κ1) is 22.1. The Hall–Kier alpha value is -0.940. The molecule has 0 aliphatic heterocycles.